The molecule has 33 heavy (non-hydrogen) atoms. The van der Waals surface area contributed by atoms with Gasteiger partial charge in [-0.25, -0.2) is 13.5 Å². The topological polar surface area (TPSA) is 56.3 Å². The number of nitrogens with zero attached hydrogens (tertiary/aromatic N) is 3. The molecule has 1 saturated heterocycles. The van der Waals surface area contributed by atoms with Gasteiger partial charge < -0.3 is 10.5 Å². The molecule has 0 saturated carbocycles. The minimum absolute atomic E-state index is 0.298. The lowest BCUT2D eigenvalue weighted by Crippen LogP contribution is -2.27. The molecule has 1 unspecified atom stereocenters. The monoisotopic (exact) mass is 446 g/mol. The average Bonchev–Trinajstić information content (AvgIpc) is 3.47. The van der Waals surface area contributed by atoms with E-state index in [4.69, 9.17) is 15.6 Å². The van der Waals surface area contributed by atoms with Crippen molar-refractivity contribution in [3.8, 4) is 16.8 Å². The number of rotatable bonds is 6. The second-order valence-corrected chi connectivity index (χ2v) is 8.11. The van der Waals surface area contributed by atoms with Crippen LogP contribution in [0, 0.1) is 11.6 Å². The zero-order valence-electron chi connectivity index (χ0n) is 18.0. The summed E-state index contributed by atoms with van der Waals surface area (Å²) >= 11 is 0. The van der Waals surface area contributed by atoms with Crippen LogP contribution in [0.15, 0.2) is 79.0 Å². The van der Waals surface area contributed by atoms with Gasteiger partial charge in [0.1, 0.15) is 17.3 Å². The molecule has 5 nitrogen and oxygen atoms in total. The van der Waals surface area contributed by atoms with Gasteiger partial charge >= 0.3 is 0 Å². The smallest absolute Gasteiger partial charge is 0.156 e. The molecule has 1 fully saturated rings. The van der Waals surface area contributed by atoms with E-state index in [-0.39, 0.29) is 17.9 Å². The Morgan fingerprint density at radius 1 is 0.909 bits per heavy atom. The summed E-state index contributed by atoms with van der Waals surface area (Å²) in [7, 11) is 0. The lowest BCUT2D eigenvalue weighted by molar-refractivity contribution is 0.0299. The van der Waals surface area contributed by atoms with E-state index in [0.717, 1.165) is 47.7 Å². The van der Waals surface area contributed by atoms with Crippen molar-refractivity contribution >= 4 is 5.69 Å². The Bertz CT molecular complexity index is 1220. The van der Waals surface area contributed by atoms with Crippen molar-refractivity contribution < 1.29 is 13.5 Å². The van der Waals surface area contributed by atoms with Crippen LogP contribution in [0.25, 0.3) is 16.8 Å². The number of hydrogen-bond donors (Lipinski definition) is 1. The molecule has 0 bridgehead atoms. The van der Waals surface area contributed by atoms with Gasteiger partial charge in [0.2, 0.25) is 0 Å². The van der Waals surface area contributed by atoms with Crippen LogP contribution in [0.3, 0.4) is 0 Å². The highest BCUT2D eigenvalue weighted by Gasteiger charge is 2.31. The normalized spacial score (nSPS) is 16.4. The van der Waals surface area contributed by atoms with Crippen LogP contribution in [0.2, 0.25) is 0 Å². The van der Waals surface area contributed by atoms with Crippen molar-refractivity contribution in [2.24, 2.45) is 0 Å². The summed E-state index contributed by atoms with van der Waals surface area (Å²) < 4.78 is 34.8. The molecule has 4 aromatic rings. The highest BCUT2D eigenvalue weighted by atomic mass is 19.1. The van der Waals surface area contributed by atoms with Crippen LogP contribution < -0.4 is 5.73 Å². The Labute approximate surface area is 191 Å². The average molecular weight is 447 g/mol. The maximum Gasteiger partial charge on any atom is 0.156 e. The number of ether oxygens (including phenoxy) is 1. The Morgan fingerprint density at radius 2 is 1.58 bits per heavy atom. The Morgan fingerprint density at radius 3 is 2.27 bits per heavy atom. The minimum atomic E-state index is -0.333. The van der Waals surface area contributed by atoms with Crippen molar-refractivity contribution in [2.75, 3.05) is 25.4 Å². The fourth-order valence-electron chi connectivity index (χ4n) is 4.09. The molecular weight excluding hydrogens is 422 g/mol. The van der Waals surface area contributed by atoms with Crippen LogP contribution in [-0.4, -0.2) is 34.4 Å². The van der Waals surface area contributed by atoms with E-state index in [1.165, 1.54) is 29.8 Å². The molecule has 2 N–H and O–H groups in total. The highest BCUT2D eigenvalue weighted by Crippen LogP contribution is 2.35. The molecule has 0 aliphatic carbocycles. The van der Waals surface area contributed by atoms with Crippen molar-refractivity contribution in [1.29, 1.82) is 0 Å². The first-order chi connectivity index (χ1) is 16.1. The largest absolute Gasteiger partial charge is 0.399 e. The van der Waals surface area contributed by atoms with Gasteiger partial charge in [0.05, 0.1) is 12.3 Å². The van der Waals surface area contributed by atoms with Gasteiger partial charge in [-0.05, 0) is 66.1 Å². The van der Waals surface area contributed by atoms with Crippen molar-refractivity contribution in [2.45, 2.75) is 12.6 Å². The quantitative estimate of drug-likeness (QED) is 0.425. The summed E-state index contributed by atoms with van der Waals surface area (Å²) in [6.45, 7) is 2.17. The molecule has 5 rings (SSSR count). The summed E-state index contributed by atoms with van der Waals surface area (Å²) in [5.74, 6) is -0.605. The standard InChI is InChI=1S/C26H24F2N4O/c27-20-5-3-19(4-6-20)24-17-32(23-11-7-21(28)8-12-23)30-25(24)26-31(15-16-33-26)14-13-18-1-9-22(29)10-2-18/h1-12,17,26H,13-16,29H2. The summed E-state index contributed by atoms with van der Waals surface area (Å²) in [6, 6.07) is 20.4. The van der Waals surface area contributed by atoms with E-state index in [9.17, 15) is 8.78 Å². The first kappa shape index (κ1) is 21.3. The summed E-state index contributed by atoms with van der Waals surface area (Å²) in [5, 5.41) is 4.83. The predicted molar refractivity (Wildman–Crippen MR) is 124 cm³/mol. The predicted octanol–water partition coefficient (Wildman–Crippen LogP) is 4.97. The molecule has 2 heterocycles. The lowest BCUT2D eigenvalue weighted by Gasteiger charge is -2.22. The summed E-state index contributed by atoms with van der Waals surface area (Å²) in [6.07, 6.45) is 2.40. The van der Waals surface area contributed by atoms with E-state index < -0.39 is 0 Å². The fourth-order valence-corrected chi connectivity index (χ4v) is 4.09. The van der Waals surface area contributed by atoms with Crippen molar-refractivity contribution in [3.05, 3.63) is 102 Å². The molecule has 168 valence electrons. The number of hydrogen-bond acceptors (Lipinski definition) is 4. The number of aromatic nitrogens is 2. The van der Waals surface area contributed by atoms with Gasteiger partial charge in [0.25, 0.3) is 0 Å². The second kappa shape index (κ2) is 9.13. The maximum absolute atomic E-state index is 13.6. The molecule has 1 aliphatic rings. The maximum atomic E-state index is 13.6. The third kappa shape index (κ3) is 4.65. The molecule has 0 amide bonds. The number of nitrogens with two attached hydrogens (primary N) is 1. The van der Waals surface area contributed by atoms with Crippen molar-refractivity contribution in [1.82, 2.24) is 14.7 Å². The van der Waals surface area contributed by atoms with Crippen LogP contribution in [-0.2, 0) is 11.2 Å². The Hall–Kier alpha value is -3.55. The first-order valence-electron chi connectivity index (χ1n) is 10.9. The van der Waals surface area contributed by atoms with E-state index in [1.807, 2.05) is 30.5 Å². The van der Waals surface area contributed by atoms with Gasteiger partial charge in [-0.3, -0.25) is 4.90 Å². The van der Waals surface area contributed by atoms with Gasteiger partial charge in [-0.2, -0.15) is 5.10 Å². The van der Waals surface area contributed by atoms with E-state index in [2.05, 4.69) is 4.90 Å². The third-order valence-electron chi connectivity index (χ3n) is 5.88. The summed E-state index contributed by atoms with van der Waals surface area (Å²) in [5.41, 5.74) is 10.9. The molecule has 1 aromatic heterocycles. The van der Waals surface area contributed by atoms with Gasteiger partial charge in [-0.15, -0.1) is 0 Å². The van der Waals surface area contributed by atoms with Gasteiger partial charge in [-0.1, -0.05) is 24.3 Å². The van der Waals surface area contributed by atoms with Crippen molar-refractivity contribution in [3.63, 3.8) is 0 Å². The highest BCUT2D eigenvalue weighted by molar-refractivity contribution is 5.66. The van der Waals surface area contributed by atoms with Crippen LogP contribution >= 0.6 is 0 Å². The van der Waals surface area contributed by atoms with E-state index in [1.54, 1.807) is 28.9 Å². The number of anilines is 1. The number of halogens is 2. The molecule has 1 aliphatic heterocycles. The molecule has 7 heteroatoms. The van der Waals surface area contributed by atoms with Crippen LogP contribution in [0.4, 0.5) is 14.5 Å². The van der Waals surface area contributed by atoms with Crippen LogP contribution in [0.5, 0.6) is 0 Å². The molecule has 0 radical (unpaired) electrons. The number of benzene rings is 3. The zero-order valence-corrected chi connectivity index (χ0v) is 18.0. The lowest BCUT2D eigenvalue weighted by atomic mass is 10.1. The Kier molecular flexibility index (Phi) is 5.90. The van der Waals surface area contributed by atoms with E-state index >= 15 is 0 Å². The summed E-state index contributed by atoms with van der Waals surface area (Å²) in [4.78, 5) is 2.25. The minimum Gasteiger partial charge on any atom is -0.399 e. The fraction of sp³-hybridized carbons (Fsp3) is 0.192. The van der Waals surface area contributed by atoms with Gasteiger partial charge in [0, 0.05) is 30.5 Å². The van der Waals surface area contributed by atoms with Gasteiger partial charge in [0.15, 0.2) is 6.23 Å². The molecule has 0 spiro atoms. The third-order valence-corrected chi connectivity index (χ3v) is 5.88. The Balaban J connectivity index is 1.47. The molecule has 1 atom stereocenters. The molecular formula is C26H24F2N4O. The first-order valence-corrected chi connectivity index (χ1v) is 10.9. The zero-order chi connectivity index (χ0) is 22.8. The SMILES string of the molecule is Nc1ccc(CCN2CCOC2c2nn(-c3ccc(F)cc3)cc2-c2ccc(F)cc2)cc1. The van der Waals surface area contributed by atoms with E-state index in [0.29, 0.717) is 6.61 Å². The second-order valence-electron chi connectivity index (χ2n) is 8.11. The number of nitrogen functional groups attached to an aromatic ring is 1. The van der Waals surface area contributed by atoms with Crippen LogP contribution in [0.1, 0.15) is 17.5 Å². The molecule has 3 aromatic carbocycles.